The number of rotatable bonds is 2. The molecule has 1 aliphatic rings. The fraction of sp³-hybridized carbons (Fsp3) is 0.556. The largest absolute Gasteiger partial charge is 0.392 e. The molecule has 100 valence electrons. The standard InChI is InChI=1S/C9H14N4O5/c10-4-1-2-13(8(17)12-4)7-5(15)6(16)9(11,3-14)18-7/h1-2,5-7,14-16H,3,11H2,(H2,10,12,17)/t5-,6-,7?,9?/m0/s1. The number of anilines is 1. The average molecular weight is 258 g/mol. The number of nitrogens with zero attached hydrogens (tertiary/aromatic N) is 2. The fourth-order valence-electron chi connectivity index (χ4n) is 1.78. The van der Waals surface area contributed by atoms with Gasteiger partial charge in [0.25, 0.3) is 0 Å². The van der Waals surface area contributed by atoms with Crippen LogP contribution >= 0.6 is 0 Å². The van der Waals surface area contributed by atoms with Crippen LogP contribution in [0.3, 0.4) is 0 Å². The van der Waals surface area contributed by atoms with Gasteiger partial charge in [-0.05, 0) is 6.07 Å². The quantitative estimate of drug-likeness (QED) is 0.369. The maximum absolute atomic E-state index is 11.6. The van der Waals surface area contributed by atoms with Gasteiger partial charge in [0.05, 0.1) is 6.61 Å². The predicted molar refractivity (Wildman–Crippen MR) is 59.0 cm³/mol. The number of aliphatic hydroxyl groups excluding tert-OH is 3. The molecule has 7 N–H and O–H groups in total. The summed E-state index contributed by atoms with van der Waals surface area (Å²) in [4.78, 5) is 15.0. The molecule has 0 saturated carbocycles. The number of nitrogen functional groups attached to an aromatic ring is 1. The van der Waals surface area contributed by atoms with E-state index in [2.05, 4.69) is 4.98 Å². The van der Waals surface area contributed by atoms with Gasteiger partial charge in [0.1, 0.15) is 18.0 Å². The fourth-order valence-corrected chi connectivity index (χ4v) is 1.78. The van der Waals surface area contributed by atoms with Crippen molar-refractivity contribution >= 4 is 5.82 Å². The van der Waals surface area contributed by atoms with Gasteiger partial charge >= 0.3 is 5.69 Å². The van der Waals surface area contributed by atoms with Gasteiger partial charge in [0.15, 0.2) is 12.0 Å². The van der Waals surface area contributed by atoms with E-state index >= 15 is 0 Å². The number of ether oxygens (including phenoxy) is 1. The maximum Gasteiger partial charge on any atom is 0.351 e. The molecular weight excluding hydrogens is 244 g/mol. The van der Waals surface area contributed by atoms with Crippen LogP contribution in [0, 0.1) is 0 Å². The highest BCUT2D eigenvalue weighted by molar-refractivity contribution is 5.23. The molecule has 0 bridgehead atoms. The summed E-state index contributed by atoms with van der Waals surface area (Å²) in [6.45, 7) is -0.709. The molecule has 2 unspecified atom stereocenters. The van der Waals surface area contributed by atoms with E-state index in [0.717, 1.165) is 4.57 Å². The molecule has 0 aliphatic carbocycles. The van der Waals surface area contributed by atoms with Gasteiger partial charge in [-0.25, -0.2) is 4.79 Å². The van der Waals surface area contributed by atoms with Gasteiger partial charge in [-0.3, -0.25) is 10.3 Å². The van der Waals surface area contributed by atoms with Gasteiger partial charge in [-0.1, -0.05) is 0 Å². The molecule has 0 spiro atoms. The molecule has 2 heterocycles. The van der Waals surface area contributed by atoms with Crippen molar-refractivity contribution in [3.05, 3.63) is 22.7 Å². The summed E-state index contributed by atoms with van der Waals surface area (Å²) in [6.07, 6.45) is -2.98. The molecule has 0 radical (unpaired) electrons. The van der Waals surface area contributed by atoms with E-state index in [9.17, 15) is 15.0 Å². The van der Waals surface area contributed by atoms with Crippen LogP contribution in [0.15, 0.2) is 17.1 Å². The highest BCUT2D eigenvalue weighted by atomic mass is 16.6. The smallest absolute Gasteiger partial charge is 0.351 e. The van der Waals surface area contributed by atoms with Crippen molar-refractivity contribution in [1.29, 1.82) is 0 Å². The van der Waals surface area contributed by atoms with Gasteiger partial charge in [0, 0.05) is 6.20 Å². The van der Waals surface area contributed by atoms with Crippen LogP contribution in [0.4, 0.5) is 5.82 Å². The second-order valence-electron chi connectivity index (χ2n) is 4.10. The normalized spacial score (nSPS) is 35.9. The van der Waals surface area contributed by atoms with Crippen molar-refractivity contribution in [2.24, 2.45) is 5.73 Å². The van der Waals surface area contributed by atoms with Crippen LogP contribution in [0.25, 0.3) is 0 Å². The molecule has 1 aromatic heterocycles. The van der Waals surface area contributed by atoms with E-state index in [0.29, 0.717) is 0 Å². The highest BCUT2D eigenvalue weighted by Crippen LogP contribution is 2.32. The van der Waals surface area contributed by atoms with Crippen molar-refractivity contribution in [1.82, 2.24) is 9.55 Å². The van der Waals surface area contributed by atoms with Crippen LogP contribution in [-0.4, -0.2) is 49.4 Å². The van der Waals surface area contributed by atoms with Gasteiger partial charge in [-0.15, -0.1) is 0 Å². The number of aromatic nitrogens is 2. The Morgan fingerprint density at radius 1 is 1.56 bits per heavy atom. The minimum atomic E-state index is -1.83. The summed E-state index contributed by atoms with van der Waals surface area (Å²) in [6, 6.07) is 1.33. The van der Waals surface area contributed by atoms with E-state index in [1.54, 1.807) is 0 Å². The lowest BCUT2D eigenvalue weighted by Gasteiger charge is -2.24. The lowest BCUT2D eigenvalue weighted by Crippen LogP contribution is -2.54. The number of aliphatic hydroxyl groups is 3. The molecule has 18 heavy (non-hydrogen) atoms. The summed E-state index contributed by atoms with van der Waals surface area (Å²) in [5.74, 6) is 0.0189. The van der Waals surface area contributed by atoms with Crippen LogP contribution in [0.5, 0.6) is 0 Å². The van der Waals surface area contributed by atoms with Gasteiger partial charge in [-0.2, -0.15) is 4.98 Å². The van der Waals surface area contributed by atoms with E-state index in [1.807, 2.05) is 0 Å². The Hall–Kier alpha value is -1.52. The first-order chi connectivity index (χ1) is 8.39. The topological polar surface area (TPSA) is 157 Å². The van der Waals surface area contributed by atoms with E-state index < -0.39 is 36.5 Å². The van der Waals surface area contributed by atoms with Gasteiger partial charge in [0.2, 0.25) is 0 Å². The minimum absolute atomic E-state index is 0.0189. The third kappa shape index (κ3) is 1.87. The third-order valence-corrected chi connectivity index (χ3v) is 2.83. The molecule has 0 amide bonds. The highest BCUT2D eigenvalue weighted by Gasteiger charge is 2.52. The Kier molecular flexibility index (Phi) is 3.09. The van der Waals surface area contributed by atoms with Crippen LogP contribution in [0.1, 0.15) is 6.23 Å². The van der Waals surface area contributed by atoms with E-state index in [-0.39, 0.29) is 5.82 Å². The van der Waals surface area contributed by atoms with Gasteiger partial charge < -0.3 is 25.8 Å². The minimum Gasteiger partial charge on any atom is -0.392 e. The number of nitrogens with two attached hydrogens (primary N) is 2. The molecule has 4 atom stereocenters. The molecule has 9 nitrogen and oxygen atoms in total. The first kappa shape index (κ1) is 12.9. The van der Waals surface area contributed by atoms with Crippen molar-refractivity contribution < 1.29 is 20.1 Å². The molecule has 1 aliphatic heterocycles. The zero-order chi connectivity index (χ0) is 13.5. The Morgan fingerprint density at radius 3 is 2.72 bits per heavy atom. The Labute approximate surface area is 101 Å². The number of hydrogen-bond acceptors (Lipinski definition) is 8. The lowest BCUT2D eigenvalue weighted by molar-refractivity contribution is -0.125. The van der Waals surface area contributed by atoms with Crippen LogP contribution in [-0.2, 0) is 4.74 Å². The SMILES string of the molecule is Nc1ccn(C2OC(N)(CO)[C@@H](O)[C@@H]2O)c(=O)n1. The first-order valence-corrected chi connectivity index (χ1v) is 5.17. The number of hydrogen-bond donors (Lipinski definition) is 5. The zero-order valence-corrected chi connectivity index (χ0v) is 9.30. The van der Waals surface area contributed by atoms with Crippen molar-refractivity contribution in [2.45, 2.75) is 24.2 Å². The van der Waals surface area contributed by atoms with Crippen molar-refractivity contribution in [3.8, 4) is 0 Å². The molecule has 1 fully saturated rings. The molecule has 1 saturated heterocycles. The first-order valence-electron chi connectivity index (χ1n) is 5.17. The van der Waals surface area contributed by atoms with Crippen molar-refractivity contribution in [2.75, 3.05) is 12.3 Å². The lowest BCUT2D eigenvalue weighted by atomic mass is 10.1. The monoisotopic (exact) mass is 258 g/mol. The molecular formula is C9H14N4O5. The van der Waals surface area contributed by atoms with Crippen molar-refractivity contribution in [3.63, 3.8) is 0 Å². The maximum atomic E-state index is 11.6. The summed E-state index contributed by atoms with van der Waals surface area (Å²) in [7, 11) is 0. The van der Waals surface area contributed by atoms with Crippen LogP contribution < -0.4 is 17.2 Å². The zero-order valence-electron chi connectivity index (χ0n) is 9.30. The summed E-state index contributed by atoms with van der Waals surface area (Å²) in [5.41, 5.74) is 8.30. The van der Waals surface area contributed by atoms with E-state index in [1.165, 1.54) is 12.3 Å². The Bertz CT molecular complexity index is 506. The molecule has 2 rings (SSSR count). The van der Waals surface area contributed by atoms with E-state index in [4.69, 9.17) is 21.3 Å². The van der Waals surface area contributed by atoms with Crippen LogP contribution in [0.2, 0.25) is 0 Å². The summed E-state index contributed by atoms with van der Waals surface area (Å²) >= 11 is 0. The third-order valence-electron chi connectivity index (χ3n) is 2.83. The Balaban J connectivity index is 2.38. The predicted octanol–water partition coefficient (Wildman–Crippen LogP) is -3.28. The second kappa shape index (κ2) is 4.30. The molecule has 0 aromatic carbocycles. The average Bonchev–Trinajstić information content (AvgIpc) is 2.55. The summed E-state index contributed by atoms with van der Waals surface area (Å²) < 4.78 is 6.08. The Morgan fingerprint density at radius 2 is 2.22 bits per heavy atom. The summed E-state index contributed by atoms with van der Waals surface area (Å²) in [5, 5.41) is 28.5. The molecule has 9 heteroatoms. The second-order valence-corrected chi connectivity index (χ2v) is 4.10. The molecule has 1 aromatic rings.